The molecule has 0 aromatic rings. The number of rotatable bonds is 5. The normalized spacial score (nSPS) is 11.9. The molecule has 15 heavy (non-hydrogen) atoms. The Labute approximate surface area is 88.0 Å². The molecular weight excluding hydrogens is 245 g/mol. The Morgan fingerprint density at radius 2 is 1.87 bits per heavy atom. The molecule has 0 saturated carbocycles. The van der Waals surface area contributed by atoms with Crippen molar-refractivity contribution in [3.05, 3.63) is 0 Å². The van der Waals surface area contributed by atoms with Crippen molar-refractivity contribution in [1.29, 1.82) is 0 Å². The highest BCUT2D eigenvalue weighted by Crippen LogP contribution is 2.20. The molecule has 0 rings (SSSR count). The number of hydrogen-bond donors (Lipinski definition) is 0. The quantitative estimate of drug-likeness (QED) is 0.544. The lowest BCUT2D eigenvalue weighted by Crippen LogP contribution is -2.38. The first kappa shape index (κ1) is 14.4. The molecule has 0 bridgehead atoms. The summed E-state index contributed by atoms with van der Waals surface area (Å²) in [6.07, 6.45) is -9.30. The van der Waals surface area contributed by atoms with Crippen LogP contribution in [0.15, 0.2) is 0 Å². The Morgan fingerprint density at radius 1 is 1.33 bits per heavy atom. The largest absolute Gasteiger partial charge is 0.397 e. The molecule has 0 aliphatic heterocycles. The average molecular weight is 254 g/mol. The van der Waals surface area contributed by atoms with Gasteiger partial charge in [-0.3, -0.25) is 4.79 Å². The predicted molar refractivity (Wildman–Crippen MR) is 44.0 cm³/mol. The van der Waals surface area contributed by atoms with E-state index in [9.17, 15) is 26.7 Å². The molecule has 0 aromatic heterocycles. The Balaban J connectivity index is 4.28. The summed E-state index contributed by atoms with van der Waals surface area (Å²) in [5, 5.41) is 0. The molecule has 1 amide bonds. The fourth-order valence-corrected chi connectivity index (χ4v) is 1.07. The van der Waals surface area contributed by atoms with E-state index in [1.165, 1.54) is 0 Å². The molecule has 0 N–H and O–H groups in total. The van der Waals surface area contributed by atoms with Crippen LogP contribution in [0.2, 0.25) is 0 Å². The van der Waals surface area contributed by atoms with Crippen molar-refractivity contribution in [3.8, 4) is 0 Å². The summed E-state index contributed by atoms with van der Waals surface area (Å²) in [6, 6.07) is 0. The Kier molecular flexibility index (Phi) is 5.85. The molecule has 0 aliphatic carbocycles. The van der Waals surface area contributed by atoms with Crippen LogP contribution in [0, 0.1) is 0 Å². The van der Waals surface area contributed by atoms with Crippen LogP contribution in [-0.4, -0.2) is 42.4 Å². The van der Waals surface area contributed by atoms with Crippen molar-refractivity contribution in [3.63, 3.8) is 0 Å². The molecule has 0 atom stereocenters. The summed E-state index contributed by atoms with van der Waals surface area (Å²) < 4.78 is 59.1. The van der Waals surface area contributed by atoms with E-state index < -0.39 is 31.5 Å². The number of carbonyl (C=O) groups excluding carboxylic acids is 1. The minimum Gasteiger partial charge on any atom is -0.335 e. The van der Waals surface area contributed by atoms with Crippen LogP contribution < -0.4 is 0 Å². The van der Waals surface area contributed by atoms with Gasteiger partial charge in [-0.1, -0.05) is 0 Å². The number of halogens is 6. The highest BCUT2D eigenvalue weighted by molar-refractivity contribution is 6.18. The summed E-state index contributed by atoms with van der Waals surface area (Å²) in [4.78, 5) is 11.3. The standard InChI is InChI=1S/C7H9ClF5NO/c8-1-2-14(4-5(9)10)6(15)3-7(11,12)13/h5H,1-4H2. The van der Waals surface area contributed by atoms with Crippen molar-refractivity contribution in [2.75, 3.05) is 19.0 Å². The van der Waals surface area contributed by atoms with Crippen LogP contribution in [0.3, 0.4) is 0 Å². The maximum absolute atomic E-state index is 11.9. The van der Waals surface area contributed by atoms with Gasteiger partial charge in [-0.25, -0.2) is 8.78 Å². The van der Waals surface area contributed by atoms with Gasteiger partial charge in [0.05, 0.1) is 6.54 Å². The monoisotopic (exact) mass is 253 g/mol. The molecule has 0 unspecified atom stereocenters. The van der Waals surface area contributed by atoms with Crippen LogP contribution in [0.25, 0.3) is 0 Å². The van der Waals surface area contributed by atoms with Gasteiger partial charge in [0.25, 0.3) is 6.43 Å². The van der Waals surface area contributed by atoms with Gasteiger partial charge in [0, 0.05) is 12.4 Å². The van der Waals surface area contributed by atoms with E-state index in [-0.39, 0.29) is 12.4 Å². The van der Waals surface area contributed by atoms with Crippen molar-refractivity contribution >= 4 is 17.5 Å². The molecule has 0 fully saturated rings. The summed E-state index contributed by atoms with van der Waals surface area (Å²) in [5.41, 5.74) is 0. The van der Waals surface area contributed by atoms with Gasteiger partial charge in [0.1, 0.15) is 6.42 Å². The van der Waals surface area contributed by atoms with Crippen LogP contribution >= 0.6 is 11.6 Å². The zero-order valence-corrected chi connectivity index (χ0v) is 8.28. The lowest BCUT2D eigenvalue weighted by molar-refractivity contribution is -0.162. The molecule has 0 saturated heterocycles. The van der Waals surface area contributed by atoms with Gasteiger partial charge in [0.2, 0.25) is 5.91 Å². The minimum absolute atomic E-state index is 0.184. The van der Waals surface area contributed by atoms with Gasteiger partial charge >= 0.3 is 6.18 Å². The Hall–Kier alpha value is -0.590. The maximum Gasteiger partial charge on any atom is 0.397 e. The van der Waals surface area contributed by atoms with Gasteiger partial charge in [-0.2, -0.15) is 13.2 Å². The first-order chi connectivity index (χ1) is 6.76. The highest BCUT2D eigenvalue weighted by Gasteiger charge is 2.33. The van der Waals surface area contributed by atoms with Crippen LogP contribution in [0.4, 0.5) is 22.0 Å². The van der Waals surface area contributed by atoms with Crippen LogP contribution in [0.1, 0.15) is 6.42 Å². The smallest absolute Gasteiger partial charge is 0.335 e. The summed E-state index contributed by atoms with van der Waals surface area (Å²) in [7, 11) is 0. The summed E-state index contributed by atoms with van der Waals surface area (Å²) in [5.74, 6) is -1.57. The second-order valence-electron chi connectivity index (χ2n) is 2.71. The van der Waals surface area contributed by atoms with E-state index in [0.29, 0.717) is 4.90 Å². The molecule has 8 heteroatoms. The number of amides is 1. The molecular formula is C7H9ClF5NO. The number of nitrogens with zero attached hydrogens (tertiary/aromatic N) is 1. The minimum atomic E-state index is -4.69. The molecule has 0 aliphatic rings. The van der Waals surface area contributed by atoms with Crippen molar-refractivity contribution in [2.24, 2.45) is 0 Å². The zero-order valence-electron chi connectivity index (χ0n) is 7.53. The fraction of sp³-hybridized carbons (Fsp3) is 0.857. The third-order valence-corrected chi connectivity index (χ3v) is 1.59. The molecule has 0 heterocycles. The Morgan fingerprint density at radius 3 is 2.20 bits per heavy atom. The van der Waals surface area contributed by atoms with E-state index in [1.807, 2.05) is 0 Å². The van der Waals surface area contributed by atoms with Gasteiger partial charge < -0.3 is 4.90 Å². The van der Waals surface area contributed by atoms with Gasteiger partial charge in [-0.05, 0) is 0 Å². The van der Waals surface area contributed by atoms with Crippen molar-refractivity contribution in [1.82, 2.24) is 4.90 Å². The molecule has 0 spiro atoms. The van der Waals surface area contributed by atoms with E-state index >= 15 is 0 Å². The topological polar surface area (TPSA) is 20.3 Å². The zero-order chi connectivity index (χ0) is 12.1. The highest BCUT2D eigenvalue weighted by atomic mass is 35.5. The Bertz CT molecular complexity index is 208. The number of carbonyl (C=O) groups is 1. The van der Waals surface area contributed by atoms with E-state index in [1.54, 1.807) is 0 Å². The third-order valence-electron chi connectivity index (χ3n) is 1.42. The van der Waals surface area contributed by atoms with Crippen molar-refractivity contribution in [2.45, 2.75) is 19.0 Å². The number of alkyl halides is 6. The van der Waals surface area contributed by atoms with Gasteiger partial charge in [-0.15, -0.1) is 11.6 Å². The molecule has 90 valence electrons. The summed E-state index contributed by atoms with van der Waals surface area (Å²) >= 11 is 5.17. The van der Waals surface area contributed by atoms with Crippen LogP contribution in [-0.2, 0) is 4.79 Å². The second-order valence-corrected chi connectivity index (χ2v) is 3.09. The molecule has 2 nitrogen and oxygen atoms in total. The first-order valence-electron chi connectivity index (χ1n) is 3.95. The summed E-state index contributed by atoms with van der Waals surface area (Å²) in [6.45, 7) is -1.34. The van der Waals surface area contributed by atoms with E-state index in [2.05, 4.69) is 0 Å². The molecule has 0 aromatic carbocycles. The maximum atomic E-state index is 11.9. The van der Waals surface area contributed by atoms with E-state index in [4.69, 9.17) is 11.6 Å². The molecule has 0 radical (unpaired) electrons. The lowest BCUT2D eigenvalue weighted by Gasteiger charge is -2.21. The second kappa shape index (κ2) is 6.09. The van der Waals surface area contributed by atoms with E-state index in [0.717, 1.165) is 0 Å². The third kappa shape index (κ3) is 7.35. The average Bonchev–Trinajstić information content (AvgIpc) is 1.99. The number of hydrogen-bond acceptors (Lipinski definition) is 1. The van der Waals surface area contributed by atoms with Crippen molar-refractivity contribution < 1.29 is 26.7 Å². The van der Waals surface area contributed by atoms with Gasteiger partial charge in [0.15, 0.2) is 0 Å². The fourth-order valence-electron chi connectivity index (χ4n) is 0.870. The lowest BCUT2D eigenvalue weighted by atomic mass is 10.3. The predicted octanol–water partition coefficient (Wildman–Crippen LogP) is 2.27. The van der Waals surface area contributed by atoms with Crippen LogP contribution in [0.5, 0.6) is 0 Å². The SMILES string of the molecule is O=C(CC(F)(F)F)N(CCCl)CC(F)F. The first-order valence-corrected chi connectivity index (χ1v) is 4.48.